The molecule has 0 aromatic rings. The van der Waals surface area contributed by atoms with Gasteiger partial charge in [-0.15, -0.1) is 0 Å². The molecular formula is C10H18O3. The standard InChI is InChI=1S/C10H18O3/c1-3-13-10(12)9-6-8(11)5-4-7(9)2/h7-9,11H,3-6H2,1-2H3. The summed E-state index contributed by atoms with van der Waals surface area (Å²) in [5.74, 6) is 0.111. The molecule has 3 nitrogen and oxygen atoms in total. The van der Waals surface area contributed by atoms with E-state index in [0.29, 0.717) is 18.9 Å². The van der Waals surface area contributed by atoms with Gasteiger partial charge < -0.3 is 9.84 Å². The molecule has 3 atom stereocenters. The Morgan fingerprint density at radius 1 is 1.54 bits per heavy atom. The second-order valence-corrected chi connectivity index (χ2v) is 3.80. The lowest BCUT2D eigenvalue weighted by Gasteiger charge is -2.29. The number of ether oxygens (including phenoxy) is 1. The van der Waals surface area contributed by atoms with Crippen LogP contribution in [0.25, 0.3) is 0 Å². The van der Waals surface area contributed by atoms with E-state index in [4.69, 9.17) is 4.74 Å². The van der Waals surface area contributed by atoms with Crippen molar-refractivity contribution in [3.8, 4) is 0 Å². The van der Waals surface area contributed by atoms with Gasteiger partial charge in [-0.1, -0.05) is 6.92 Å². The smallest absolute Gasteiger partial charge is 0.309 e. The highest BCUT2D eigenvalue weighted by molar-refractivity contribution is 5.72. The zero-order valence-corrected chi connectivity index (χ0v) is 8.32. The van der Waals surface area contributed by atoms with Crippen LogP contribution in [0.5, 0.6) is 0 Å². The number of esters is 1. The zero-order chi connectivity index (χ0) is 9.84. The minimum absolute atomic E-state index is 0.0938. The van der Waals surface area contributed by atoms with E-state index in [-0.39, 0.29) is 18.0 Å². The normalized spacial score (nSPS) is 34.2. The van der Waals surface area contributed by atoms with Crippen molar-refractivity contribution in [3.63, 3.8) is 0 Å². The molecule has 0 aromatic heterocycles. The lowest BCUT2D eigenvalue weighted by molar-refractivity contribution is -0.152. The van der Waals surface area contributed by atoms with E-state index in [1.807, 2.05) is 13.8 Å². The van der Waals surface area contributed by atoms with Crippen LogP contribution in [0.3, 0.4) is 0 Å². The Kier molecular flexibility index (Phi) is 3.72. The average Bonchev–Trinajstić information content (AvgIpc) is 2.09. The van der Waals surface area contributed by atoms with Crippen LogP contribution in [0.2, 0.25) is 0 Å². The van der Waals surface area contributed by atoms with E-state index in [1.165, 1.54) is 0 Å². The monoisotopic (exact) mass is 186 g/mol. The molecule has 0 aliphatic heterocycles. The number of aliphatic hydroxyl groups excluding tert-OH is 1. The summed E-state index contributed by atoms with van der Waals surface area (Å²) in [5, 5.41) is 9.41. The number of hydrogen-bond donors (Lipinski definition) is 1. The summed E-state index contributed by atoms with van der Waals surface area (Å²) in [4.78, 5) is 11.4. The Labute approximate surface area is 79.1 Å². The van der Waals surface area contributed by atoms with Crippen molar-refractivity contribution in [1.82, 2.24) is 0 Å². The third-order valence-electron chi connectivity index (χ3n) is 2.76. The van der Waals surface area contributed by atoms with Crippen molar-refractivity contribution in [2.24, 2.45) is 11.8 Å². The Bertz CT molecular complexity index is 179. The predicted molar refractivity (Wildman–Crippen MR) is 49.1 cm³/mol. The van der Waals surface area contributed by atoms with Crippen molar-refractivity contribution in [2.45, 2.75) is 39.2 Å². The van der Waals surface area contributed by atoms with E-state index < -0.39 is 0 Å². The molecule has 1 fully saturated rings. The average molecular weight is 186 g/mol. The summed E-state index contributed by atoms with van der Waals surface area (Å²) >= 11 is 0. The van der Waals surface area contributed by atoms with Gasteiger partial charge in [0.25, 0.3) is 0 Å². The van der Waals surface area contributed by atoms with E-state index >= 15 is 0 Å². The van der Waals surface area contributed by atoms with Crippen LogP contribution in [-0.4, -0.2) is 23.8 Å². The Balaban J connectivity index is 2.50. The maximum Gasteiger partial charge on any atom is 0.309 e. The summed E-state index contributed by atoms with van der Waals surface area (Å²) in [7, 11) is 0. The molecule has 76 valence electrons. The van der Waals surface area contributed by atoms with E-state index in [2.05, 4.69) is 0 Å². The summed E-state index contributed by atoms with van der Waals surface area (Å²) in [6.07, 6.45) is 1.99. The summed E-state index contributed by atoms with van der Waals surface area (Å²) < 4.78 is 4.95. The highest BCUT2D eigenvalue weighted by Crippen LogP contribution is 2.30. The molecule has 0 aromatic carbocycles. The number of carbonyl (C=O) groups is 1. The van der Waals surface area contributed by atoms with Gasteiger partial charge in [0.05, 0.1) is 18.6 Å². The lowest BCUT2D eigenvalue weighted by atomic mass is 9.79. The molecule has 0 bridgehead atoms. The first-order chi connectivity index (χ1) is 6.15. The van der Waals surface area contributed by atoms with Crippen LogP contribution in [0.1, 0.15) is 33.1 Å². The molecule has 13 heavy (non-hydrogen) atoms. The molecule has 1 rings (SSSR count). The van der Waals surface area contributed by atoms with Gasteiger partial charge in [-0.3, -0.25) is 4.79 Å². The lowest BCUT2D eigenvalue weighted by Crippen LogP contribution is -2.33. The third-order valence-corrected chi connectivity index (χ3v) is 2.76. The minimum Gasteiger partial charge on any atom is -0.466 e. The summed E-state index contributed by atoms with van der Waals surface area (Å²) in [6.45, 7) is 4.29. The van der Waals surface area contributed by atoms with Gasteiger partial charge in [0, 0.05) is 0 Å². The van der Waals surface area contributed by atoms with Gasteiger partial charge in [-0.05, 0) is 32.1 Å². The van der Waals surface area contributed by atoms with Crippen LogP contribution in [0, 0.1) is 11.8 Å². The van der Waals surface area contributed by atoms with Gasteiger partial charge in [0.15, 0.2) is 0 Å². The third kappa shape index (κ3) is 2.69. The molecule has 3 heteroatoms. The Morgan fingerprint density at radius 3 is 2.85 bits per heavy atom. The van der Waals surface area contributed by atoms with Crippen LogP contribution >= 0.6 is 0 Å². The zero-order valence-electron chi connectivity index (χ0n) is 8.32. The highest BCUT2D eigenvalue weighted by atomic mass is 16.5. The molecule has 0 spiro atoms. The quantitative estimate of drug-likeness (QED) is 0.662. The first-order valence-electron chi connectivity index (χ1n) is 4.99. The predicted octanol–water partition coefficient (Wildman–Crippen LogP) is 1.35. The van der Waals surface area contributed by atoms with Gasteiger partial charge in [-0.2, -0.15) is 0 Å². The molecule has 0 heterocycles. The van der Waals surface area contributed by atoms with Crippen molar-refractivity contribution in [1.29, 1.82) is 0 Å². The molecule has 0 amide bonds. The first-order valence-corrected chi connectivity index (χ1v) is 4.99. The van der Waals surface area contributed by atoms with E-state index in [9.17, 15) is 9.90 Å². The van der Waals surface area contributed by atoms with Crippen LogP contribution < -0.4 is 0 Å². The number of carbonyl (C=O) groups excluding carboxylic acids is 1. The SMILES string of the molecule is CCOC(=O)C1CC(O)CCC1C. The number of hydrogen-bond acceptors (Lipinski definition) is 3. The molecule has 1 N–H and O–H groups in total. The molecule has 1 saturated carbocycles. The topological polar surface area (TPSA) is 46.5 Å². The van der Waals surface area contributed by atoms with Crippen molar-refractivity contribution in [3.05, 3.63) is 0 Å². The molecule has 0 saturated heterocycles. The fraction of sp³-hybridized carbons (Fsp3) is 0.900. The van der Waals surface area contributed by atoms with Crippen molar-refractivity contribution < 1.29 is 14.6 Å². The summed E-state index contributed by atoms with van der Waals surface area (Å²) in [6, 6.07) is 0. The maximum atomic E-state index is 11.4. The van der Waals surface area contributed by atoms with E-state index in [1.54, 1.807) is 0 Å². The minimum atomic E-state index is -0.314. The second-order valence-electron chi connectivity index (χ2n) is 3.80. The number of rotatable bonds is 2. The van der Waals surface area contributed by atoms with Crippen LogP contribution in [0.15, 0.2) is 0 Å². The number of aliphatic hydroxyl groups is 1. The van der Waals surface area contributed by atoms with Gasteiger partial charge in [0.2, 0.25) is 0 Å². The largest absolute Gasteiger partial charge is 0.466 e. The van der Waals surface area contributed by atoms with Gasteiger partial charge in [-0.25, -0.2) is 0 Å². The molecule has 0 radical (unpaired) electrons. The van der Waals surface area contributed by atoms with Crippen molar-refractivity contribution in [2.75, 3.05) is 6.61 Å². The fourth-order valence-corrected chi connectivity index (χ4v) is 1.88. The molecular weight excluding hydrogens is 168 g/mol. The van der Waals surface area contributed by atoms with Crippen LogP contribution in [-0.2, 0) is 9.53 Å². The molecule has 1 aliphatic carbocycles. The molecule has 1 aliphatic rings. The Hall–Kier alpha value is -0.570. The fourth-order valence-electron chi connectivity index (χ4n) is 1.88. The van der Waals surface area contributed by atoms with Crippen molar-refractivity contribution >= 4 is 5.97 Å². The Morgan fingerprint density at radius 2 is 2.23 bits per heavy atom. The first kappa shape index (κ1) is 10.5. The summed E-state index contributed by atoms with van der Waals surface area (Å²) in [5.41, 5.74) is 0. The van der Waals surface area contributed by atoms with E-state index in [0.717, 1.165) is 12.8 Å². The van der Waals surface area contributed by atoms with Gasteiger partial charge >= 0.3 is 5.97 Å². The van der Waals surface area contributed by atoms with Crippen LogP contribution in [0.4, 0.5) is 0 Å². The highest BCUT2D eigenvalue weighted by Gasteiger charge is 2.32. The maximum absolute atomic E-state index is 11.4. The van der Waals surface area contributed by atoms with Gasteiger partial charge in [0.1, 0.15) is 0 Å². The second kappa shape index (κ2) is 4.61. The molecule has 3 unspecified atom stereocenters.